The van der Waals surface area contributed by atoms with Gasteiger partial charge in [0, 0.05) is 24.4 Å². The molecule has 1 N–H and O–H groups in total. The van der Waals surface area contributed by atoms with E-state index in [2.05, 4.69) is 10.3 Å². The second kappa shape index (κ2) is 6.84. The number of nitrogens with zero attached hydrogens (tertiary/aromatic N) is 1. The van der Waals surface area contributed by atoms with Crippen molar-refractivity contribution in [2.45, 2.75) is 12.8 Å². The lowest BCUT2D eigenvalue weighted by atomic mass is 10.1. The molecule has 1 amide bonds. The zero-order chi connectivity index (χ0) is 14.4. The summed E-state index contributed by atoms with van der Waals surface area (Å²) in [6.07, 6.45) is 0.883. The number of para-hydroxylation sites is 1. The SMILES string of the molecule is COc1ccc2cccc(CCC(=O)NCCF)c2n1. The molecule has 0 aliphatic heterocycles. The number of carbonyl (C=O) groups excluding carboxylic acids is 1. The van der Waals surface area contributed by atoms with E-state index in [1.54, 1.807) is 13.2 Å². The van der Waals surface area contributed by atoms with Crippen LogP contribution >= 0.6 is 0 Å². The molecular weight excluding hydrogens is 259 g/mol. The van der Waals surface area contributed by atoms with Gasteiger partial charge < -0.3 is 10.1 Å². The highest BCUT2D eigenvalue weighted by molar-refractivity contribution is 5.83. The first-order valence-electron chi connectivity index (χ1n) is 6.50. The van der Waals surface area contributed by atoms with Gasteiger partial charge in [-0.2, -0.15) is 0 Å². The van der Waals surface area contributed by atoms with E-state index in [9.17, 15) is 9.18 Å². The predicted molar refractivity (Wildman–Crippen MR) is 75.6 cm³/mol. The lowest BCUT2D eigenvalue weighted by Crippen LogP contribution is -2.25. The van der Waals surface area contributed by atoms with Gasteiger partial charge in [-0.05, 0) is 18.1 Å². The maximum absolute atomic E-state index is 12.0. The lowest BCUT2D eigenvalue weighted by molar-refractivity contribution is -0.121. The smallest absolute Gasteiger partial charge is 0.220 e. The largest absolute Gasteiger partial charge is 0.481 e. The Morgan fingerprint density at radius 1 is 1.35 bits per heavy atom. The molecule has 1 heterocycles. The normalized spacial score (nSPS) is 10.5. The minimum absolute atomic E-state index is 0.0699. The number of hydrogen-bond acceptors (Lipinski definition) is 3. The minimum Gasteiger partial charge on any atom is -0.481 e. The number of benzene rings is 1. The van der Waals surface area contributed by atoms with Crippen LogP contribution < -0.4 is 10.1 Å². The van der Waals surface area contributed by atoms with E-state index in [4.69, 9.17) is 4.74 Å². The van der Waals surface area contributed by atoms with Gasteiger partial charge in [-0.1, -0.05) is 18.2 Å². The van der Waals surface area contributed by atoms with E-state index in [0.717, 1.165) is 16.5 Å². The van der Waals surface area contributed by atoms with Gasteiger partial charge in [0.15, 0.2) is 0 Å². The summed E-state index contributed by atoms with van der Waals surface area (Å²) in [4.78, 5) is 15.9. The monoisotopic (exact) mass is 276 g/mol. The van der Waals surface area contributed by atoms with Crippen LogP contribution in [0, 0.1) is 0 Å². The number of halogens is 1. The number of aryl methyl sites for hydroxylation is 1. The molecule has 106 valence electrons. The van der Waals surface area contributed by atoms with Crippen molar-refractivity contribution in [2.75, 3.05) is 20.3 Å². The molecule has 1 aromatic heterocycles. The van der Waals surface area contributed by atoms with E-state index < -0.39 is 6.67 Å². The van der Waals surface area contributed by atoms with Crippen molar-refractivity contribution in [3.8, 4) is 5.88 Å². The fraction of sp³-hybridized carbons (Fsp3) is 0.333. The van der Waals surface area contributed by atoms with Gasteiger partial charge in [-0.3, -0.25) is 4.79 Å². The summed E-state index contributed by atoms with van der Waals surface area (Å²) in [5.74, 6) is 0.398. The van der Waals surface area contributed by atoms with Crippen molar-refractivity contribution in [1.82, 2.24) is 10.3 Å². The first kappa shape index (κ1) is 14.2. The number of hydrogen-bond donors (Lipinski definition) is 1. The highest BCUT2D eigenvalue weighted by atomic mass is 19.1. The fourth-order valence-electron chi connectivity index (χ4n) is 2.03. The van der Waals surface area contributed by atoms with Crippen molar-refractivity contribution in [2.24, 2.45) is 0 Å². The van der Waals surface area contributed by atoms with Crippen LogP contribution in [0.3, 0.4) is 0 Å². The number of methoxy groups -OCH3 is 1. The Kier molecular flexibility index (Phi) is 4.87. The fourth-order valence-corrected chi connectivity index (χ4v) is 2.03. The van der Waals surface area contributed by atoms with Crippen LogP contribution in [0.2, 0.25) is 0 Å². The number of alkyl halides is 1. The molecule has 20 heavy (non-hydrogen) atoms. The highest BCUT2D eigenvalue weighted by Gasteiger charge is 2.07. The molecule has 5 heteroatoms. The molecule has 1 aromatic carbocycles. The number of amides is 1. The first-order valence-corrected chi connectivity index (χ1v) is 6.50. The standard InChI is InChI=1S/C15H17FN2O2/c1-20-14-8-6-12-4-2-3-11(15(12)18-14)5-7-13(19)17-10-9-16/h2-4,6,8H,5,7,9-10H2,1H3,(H,17,19). The Bertz CT molecular complexity index is 601. The summed E-state index contributed by atoms with van der Waals surface area (Å²) in [6, 6.07) is 9.59. The van der Waals surface area contributed by atoms with E-state index in [1.165, 1.54) is 0 Å². The molecule has 2 rings (SSSR count). The quantitative estimate of drug-likeness (QED) is 0.880. The Labute approximate surface area is 117 Å². The third-order valence-electron chi connectivity index (χ3n) is 3.03. The van der Waals surface area contributed by atoms with E-state index in [-0.39, 0.29) is 12.5 Å². The van der Waals surface area contributed by atoms with Crippen molar-refractivity contribution in [3.63, 3.8) is 0 Å². The lowest BCUT2D eigenvalue weighted by Gasteiger charge is -2.07. The molecular formula is C15H17FN2O2. The molecule has 0 saturated carbocycles. The highest BCUT2D eigenvalue weighted by Crippen LogP contribution is 2.21. The third kappa shape index (κ3) is 3.44. The van der Waals surface area contributed by atoms with Crippen LogP contribution in [0.4, 0.5) is 4.39 Å². The van der Waals surface area contributed by atoms with Crippen LogP contribution in [-0.4, -0.2) is 31.2 Å². The molecule has 0 atom stereocenters. The number of fused-ring (bicyclic) bond motifs is 1. The molecule has 0 saturated heterocycles. The average molecular weight is 276 g/mol. The van der Waals surface area contributed by atoms with Gasteiger partial charge in [-0.25, -0.2) is 9.37 Å². The maximum Gasteiger partial charge on any atom is 0.220 e. The Morgan fingerprint density at radius 3 is 2.95 bits per heavy atom. The number of carbonyl (C=O) groups is 1. The Hall–Kier alpha value is -2.17. The van der Waals surface area contributed by atoms with Gasteiger partial charge in [0.05, 0.1) is 12.6 Å². The summed E-state index contributed by atoms with van der Waals surface area (Å²) < 4.78 is 17.1. The molecule has 0 spiro atoms. The zero-order valence-corrected chi connectivity index (χ0v) is 11.4. The Balaban J connectivity index is 2.15. The summed E-state index contributed by atoms with van der Waals surface area (Å²) in [5.41, 5.74) is 1.82. The second-order valence-corrected chi connectivity index (χ2v) is 4.38. The van der Waals surface area contributed by atoms with Gasteiger partial charge in [0.1, 0.15) is 6.67 Å². The van der Waals surface area contributed by atoms with Crippen molar-refractivity contribution in [1.29, 1.82) is 0 Å². The van der Waals surface area contributed by atoms with E-state index in [1.807, 2.05) is 24.3 Å². The van der Waals surface area contributed by atoms with E-state index >= 15 is 0 Å². The topological polar surface area (TPSA) is 51.2 Å². The van der Waals surface area contributed by atoms with Crippen molar-refractivity contribution in [3.05, 3.63) is 35.9 Å². The predicted octanol–water partition coefficient (Wildman–Crippen LogP) is 2.26. The molecule has 4 nitrogen and oxygen atoms in total. The van der Waals surface area contributed by atoms with Gasteiger partial charge in [0.2, 0.25) is 11.8 Å². The minimum atomic E-state index is -0.543. The molecule has 0 aliphatic carbocycles. The van der Waals surface area contributed by atoms with Crippen LogP contribution in [0.1, 0.15) is 12.0 Å². The number of pyridine rings is 1. The molecule has 2 aromatic rings. The number of rotatable bonds is 6. The van der Waals surface area contributed by atoms with Crippen LogP contribution in [0.5, 0.6) is 5.88 Å². The summed E-state index contributed by atoms with van der Waals surface area (Å²) >= 11 is 0. The Morgan fingerprint density at radius 2 is 2.20 bits per heavy atom. The summed E-state index contributed by atoms with van der Waals surface area (Å²) in [5, 5.41) is 3.52. The van der Waals surface area contributed by atoms with Crippen LogP contribution in [0.15, 0.2) is 30.3 Å². The third-order valence-corrected chi connectivity index (χ3v) is 3.03. The molecule has 0 aliphatic rings. The molecule has 0 bridgehead atoms. The van der Waals surface area contributed by atoms with Crippen molar-refractivity contribution < 1.29 is 13.9 Å². The number of ether oxygens (including phenoxy) is 1. The first-order chi connectivity index (χ1) is 9.74. The summed E-state index contributed by atoms with van der Waals surface area (Å²) in [6.45, 7) is -0.473. The van der Waals surface area contributed by atoms with Crippen molar-refractivity contribution >= 4 is 16.8 Å². The average Bonchev–Trinajstić information content (AvgIpc) is 2.50. The molecule has 0 unspecified atom stereocenters. The number of nitrogens with one attached hydrogen (secondary N) is 1. The zero-order valence-electron chi connectivity index (χ0n) is 11.4. The molecule has 0 fully saturated rings. The summed E-state index contributed by atoms with van der Waals surface area (Å²) in [7, 11) is 1.57. The second-order valence-electron chi connectivity index (χ2n) is 4.38. The maximum atomic E-state index is 12.0. The van der Waals surface area contributed by atoms with Crippen LogP contribution in [0.25, 0.3) is 10.9 Å². The van der Waals surface area contributed by atoms with E-state index in [0.29, 0.717) is 18.7 Å². The van der Waals surface area contributed by atoms with Gasteiger partial charge in [-0.15, -0.1) is 0 Å². The number of aromatic nitrogens is 1. The molecule has 0 radical (unpaired) electrons. The van der Waals surface area contributed by atoms with Gasteiger partial charge >= 0.3 is 0 Å². The van der Waals surface area contributed by atoms with Crippen LogP contribution in [-0.2, 0) is 11.2 Å². The van der Waals surface area contributed by atoms with Gasteiger partial charge in [0.25, 0.3) is 0 Å².